The van der Waals surface area contributed by atoms with Crippen molar-refractivity contribution in [3.05, 3.63) is 47.3 Å². The summed E-state index contributed by atoms with van der Waals surface area (Å²) in [5, 5.41) is 28.6. The highest BCUT2D eigenvalue weighted by atomic mass is 19.1. The number of halogens is 1. The van der Waals surface area contributed by atoms with Gasteiger partial charge in [0.1, 0.15) is 5.75 Å². The summed E-state index contributed by atoms with van der Waals surface area (Å²) in [4.78, 5) is 12.3. The van der Waals surface area contributed by atoms with Gasteiger partial charge in [-0.2, -0.15) is 5.26 Å². The second-order valence-corrected chi connectivity index (χ2v) is 4.68. The maximum absolute atomic E-state index is 14.0. The maximum Gasteiger partial charge on any atom is 0.262 e. The molecule has 0 bridgehead atoms. The SMILES string of the molecule is COc1c(F)cccc1-c1c(C#N)ccc(O)c1C(=O)NC(=N)N. The number of aromatic hydroxyl groups is 1. The van der Waals surface area contributed by atoms with Gasteiger partial charge in [0.15, 0.2) is 17.5 Å². The molecule has 0 aliphatic carbocycles. The van der Waals surface area contributed by atoms with Crippen molar-refractivity contribution in [3.8, 4) is 28.7 Å². The van der Waals surface area contributed by atoms with Crippen LogP contribution < -0.4 is 15.8 Å². The van der Waals surface area contributed by atoms with Crippen molar-refractivity contribution < 1.29 is 19.0 Å². The number of nitrogens with two attached hydrogens (primary N) is 1. The van der Waals surface area contributed by atoms with E-state index in [2.05, 4.69) is 0 Å². The molecule has 0 fully saturated rings. The number of hydrogen-bond acceptors (Lipinski definition) is 5. The number of guanidine groups is 1. The van der Waals surface area contributed by atoms with Gasteiger partial charge in [-0.15, -0.1) is 0 Å². The zero-order valence-corrected chi connectivity index (χ0v) is 12.6. The number of methoxy groups -OCH3 is 1. The number of nitrogens with one attached hydrogen (secondary N) is 2. The highest BCUT2D eigenvalue weighted by molar-refractivity contribution is 6.11. The number of carbonyl (C=O) groups is 1. The number of amides is 1. The van der Waals surface area contributed by atoms with E-state index in [0.29, 0.717) is 0 Å². The second-order valence-electron chi connectivity index (χ2n) is 4.68. The van der Waals surface area contributed by atoms with Gasteiger partial charge in [0, 0.05) is 11.1 Å². The molecule has 0 aliphatic heterocycles. The summed E-state index contributed by atoms with van der Waals surface area (Å²) < 4.78 is 19.0. The molecule has 0 aliphatic rings. The third-order valence-electron chi connectivity index (χ3n) is 3.22. The predicted molar refractivity (Wildman–Crippen MR) is 84.1 cm³/mol. The van der Waals surface area contributed by atoms with Gasteiger partial charge in [-0.3, -0.25) is 15.5 Å². The van der Waals surface area contributed by atoms with Crippen LogP contribution in [0.3, 0.4) is 0 Å². The number of ether oxygens (including phenoxy) is 1. The first kappa shape index (κ1) is 16.8. The first-order valence-electron chi connectivity index (χ1n) is 6.65. The van der Waals surface area contributed by atoms with Crippen LogP contribution in [-0.4, -0.2) is 24.1 Å². The highest BCUT2D eigenvalue weighted by Crippen LogP contribution is 2.39. The molecule has 24 heavy (non-hydrogen) atoms. The summed E-state index contributed by atoms with van der Waals surface area (Å²) in [5.74, 6) is -2.87. The average Bonchev–Trinajstić information content (AvgIpc) is 2.53. The molecule has 0 aromatic heterocycles. The molecule has 0 spiro atoms. The lowest BCUT2D eigenvalue weighted by Crippen LogP contribution is -2.36. The third kappa shape index (κ3) is 2.96. The van der Waals surface area contributed by atoms with Crippen molar-refractivity contribution in [2.24, 2.45) is 5.73 Å². The molecule has 1 amide bonds. The van der Waals surface area contributed by atoms with Crippen LogP contribution in [0.15, 0.2) is 30.3 Å². The Bertz CT molecular complexity index is 874. The minimum absolute atomic E-state index is 0.0189. The molecule has 122 valence electrons. The van der Waals surface area contributed by atoms with E-state index in [-0.39, 0.29) is 28.0 Å². The van der Waals surface area contributed by atoms with Crippen molar-refractivity contribution in [3.63, 3.8) is 0 Å². The number of hydrogen-bond donors (Lipinski definition) is 4. The van der Waals surface area contributed by atoms with E-state index in [0.717, 1.165) is 12.1 Å². The fraction of sp³-hybridized carbons (Fsp3) is 0.0625. The molecule has 7 nitrogen and oxygen atoms in total. The van der Waals surface area contributed by atoms with E-state index < -0.39 is 23.4 Å². The number of para-hydroxylation sites is 1. The molecule has 0 saturated heterocycles. The first-order valence-corrected chi connectivity index (χ1v) is 6.65. The van der Waals surface area contributed by atoms with Crippen molar-refractivity contribution >= 4 is 11.9 Å². The molecule has 0 atom stereocenters. The van der Waals surface area contributed by atoms with Crippen LogP contribution in [0.4, 0.5) is 4.39 Å². The summed E-state index contributed by atoms with van der Waals surface area (Å²) in [5.41, 5.74) is 4.94. The number of benzene rings is 2. The summed E-state index contributed by atoms with van der Waals surface area (Å²) in [7, 11) is 1.24. The van der Waals surface area contributed by atoms with Gasteiger partial charge < -0.3 is 15.6 Å². The monoisotopic (exact) mass is 328 g/mol. The molecule has 0 radical (unpaired) electrons. The molecule has 0 heterocycles. The molecule has 2 aromatic rings. The second kappa shape index (κ2) is 6.66. The van der Waals surface area contributed by atoms with Crippen molar-refractivity contribution in [1.29, 1.82) is 10.7 Å². The number of nitriles is 1. The van der Waals surface area contributed by atoms with Crippen LogP contribution in [0.2, 0.25) is 0 Å². The van der Waals surface area contributed by atoms with Crippen LogP contribution in [0, 0.1) is 22.6 Å². The van der Waals surface area contributed by atoms with Crippen LogP contribution in [-0.2, 0) is 0 Å². The van der Waals surface area contributed by atoms with Gasteiger partial charge in [-0.1, -0.05) is 12.1 Å². The average molecular weight is 328 g/mol. The van der Waals surface area contributed by atoms with E-state index in [9.17, 15) is 19.6 Å². The molecule has 0 saturated carbocycles. The standard InChI is InChI=1S/C16H13FN4O3/c1-24-14-9(3-2-4-10(14)17)12-8(7-18)5-6-11(22)13(12)15(23)21-16(19)20/h2-6,22H,1H3,(H4,19,20,21,23). The quantitative estimate of drug-likeness (QED) is 0.503. The Kier molecular flexibility index (Phi) is 4.65. The normalized spacial score (nSPS) is 9.88. The van der Waals surface area contributed by atoms with E-state index in [1.165, 1.54) is 25.3 Å². The highest BCUT2D eigenvalue weighted by Gasteiger charge is 2.24. The minimum Gasteiger partial charge on any atom is -0.507 e. The molecule has 2 aromatic carbocycles. The van der Waals surface area contributed by atoms with E-state index in [1.807, 2.05) is 11.4 Å². The number of phenolic OH excluding ortho intramolecular Hbond substituents is 1. The van der Waals surface area contributed by atoms with Crippen LogP contribution >= 0.6 is 0 Å². The minimum atomic E-state index is -0.904. The molecule has 8 heteroatoms. The number of nitrogens with zero attached hydrogens (tertiary/aromatic N) is 1. The van der Waals surface area contributed by atoms with E-state index in [4.69, 9.17) is 15.9 Å². The summed E-state index contributed by atoms with van der Waals surface area (Å²) in [6.07, 6.45) is 0. The van der Waals surface area contributed by atoms with Crippen LogP contribution in [0.25, 0.3) is 11.1 Å². The van der Waals surface area contributed by atoms with Gasteiger partial charge in [0.25, 0.3) is 5.91 Å². The lowest BCUT2D eigenvalue weighted by molar-refractivity contribution is 0.0974. The molecular weight excluding hydrogens is 315 g/mol. The van der Waals surface area contributed by atoms with Crippen molar-refractivity contribution in [2.45, 2.75) is 0 Å². The molecule has 5 N–H and O–H groups in total. The van der Waals surface area contributed by atoms with Crippen molar-refractivity contribution in [2.75, 3.05) is 7.11 Å². The largest absolute Gasteiger partial charge is 0.507 e. The molecule has 2 rings (SSSR count). The van der Waals surface area contributed by atoms with Crippen LogP contribution in [0.5, 0.6) is 11.5 Å². The Hall–Kier alpha value is -3.60. The zero-order chi connectivity index (χ0) is 17.9. The maximum atomic E-state index is 14.0. The third-order valence-corrected chi connectivity index (χ3v) is 3.22. The number of rotatable bonds is 3. The zero-order valence-electron chi connectivity index (χ0n) is 12.6. The Balaban J connectivity index is 2.85. The summed E-state index contributed by atoms with van der Waals surface area (Å²) in [6.45, 7) is 0. The van der Waals surface area contributed by atoms with Gasteiger partial charge in [0.05, 0.1) is 24.3 Å². The van der Waals surface area contributed by atoms with Gasteiger partial charge in [-0.25, -0.2) is 4.39 Å². The summed E-state index contributed by atoms with van der Waals surface area (Å²) >= 11 is 0. The topological polar surface area (TPSA) is 132 Å². The van der Waals surface area contributed by atoms with Crippen molar-refractivity contribution in [1.82, 2.24) is 5.32 Å². The number of phenols is 1. The molecule has 0 unspecified atom stereocenters. The van der Waals surface area contributed by atoms with Gasteiger partial charge in [0.2, 0.25) is 0 Å². The molecular formula is C16H13FN4O3. The number of carbonyl (C=O) groups excluding carboxylic acids is 1. The fourth-order valence-electron chi connectivity index (χ4n) is 2.29. The fourth-order valence-corrected chi connectivity index (χ4v) is 2.29. The van der Waals surface area contributed by atoms with E-state index >= 15 is 0 Å². The Morgan fingerprint density at radius 3 is 2.71 bits per heavy atom. The Morgan fingerprint density at radius 1 is 1.42 bits per heavy atom. The Morgan fingerprint density at radius 2 is 2.12 bits per heavy atom. The van der Waals surface area contributed by atoms with Gasteiger partial charge >= 0.3 is 0 Å². The lowest BCUT2D eigenvalue weighted by Gasteiger charge is -2.16. The Labute approximate surface area is 136 Å². The smallest absolute Gasteiger partial charge is 0.262 e. The predicted octanol–water partition coefficient (Wildman–Crippen LogP) is 1.70. The van der Waals surface area contributed by atoms with Crippen LogP contribution in [0.1, 0.15) is 15.9 Å². The summed E-state index contributed by atoms with van der Waals surface area (Å²) in [6, 6.07) is 8.32. The first-order chi connectivity index (χ1) is 11.4. The van der Waals surface area contributed by atoms with E-state index in [1.54, 1.807) is 0 Å². The lowest BCUT2D eigenvalue weighted by atomic mass is 9.92. The van der Waals surface area contributed by atoms with Gasteiger partial charge in [-0.05, 0) is 18.2 Å².